The topological polar surface area (TPSA) is 78.5 Å². The lowest BCUT2D eigenvalue weighted by molar-refractivity contribution is 0.0950. The second-order valence-electron chi connectivity index (χ2n) is 7.19. The summed E-state index contributed by atoms with van der Waals surface area (Å²) in [6.07, 6.45) is 1.05. The molecular formula is C18H30ClN3O3S. The molecule has 0 aliphatic carbocycles. The fourth-order valence-corrected chi connectivity index (χ4v) is 4.86. The molecule has 1 fully saturated rings. The normalized spacial score (nSPS) is 22.3. The van der Waals surface area contributed by atoms with Gasteiger partial charge in [0.05, 0.1) is 4.90 Å². The van der Waals surface area contributed by atoms with E-state index in [1.54, 1.807) is 16.4 Å². The Kier molecular flexibility index (Phi) is 8.53. The van der Waals surface area contributed by atoms with Crippen molar-refractivity contribution in [3.8, 4) is 0 Å². The quantitative estimate of drug-likeness (QED) is 0.762. The van der Waals surface area contributed by atoms with Crippen LogP contribution in [0.4, 0.5) is 0 Å². The number of nitrogens with one attached hydrogen (secondary N) is 2. The van der Waals surface area contributed by atoms with Gasteiger partial charge in [0.25, 0.3) is 5.91 Å². The molecule has 1 aromatic carbocycles. The third-order valence-electron chi connectivity index (χ3n) is 4.65. The molecule has 2 rings (SSSR count). The van der Waals surface area contributed by atoms with Gasteiger partial charge in [0, 0.05) is 31.2 Å². The molecule has 0 spiro atoms. The Labute approximate surface area is 163 Å². The summed E-state index contributed by atoms with van der Waals surface area (Å²) < 4.78 is 27.2. The van der Waals surface area contributed by atoms with Crippen LogP contribution in [0.1, 0.15) is 37.6 Å². The molecule has 1 amide bonds. The summed E-state index contributed by atoms with van der Waals surface area (Å²) in [6, 6.07) is 6.36. The zero-order chi connectivity index (χ0) is 18.6. The van der Waals surface area contributed by atoms with Gasteiger partial charge in [0.15, 0.2) is 0 Å². The first-order valence-electron chi connectivity index (χ1n) is 8.79. The monoisotopic (exact) mass is 403 g/mol. The zero-order valence-electron chi connectivity index (χ0n) is 15.9. The molecule has 2 N–H and O–H groups in total. The van der Waals surface area contributed by atoms with Crippen molar-refractivity contribution in [1.29, 1.82) is 0 Å². The van der Waals surface area contributed by atoms with Crippen LogP contribution in [0.3, 0.4) is 0 Å². The van der Waals surface area contributed by atoms with Gasteiger partial charge in [-0.05, 0) is 56.5 Å². The van der Waals surface area contributed by atoms with Crippen LogP contribution >= 0.6 is 12.4 Å². The van der Waals surface area contributed by atoms with Gasteiger partial charge >= 0.3 is 0 Å². The van der Waals surface area contributed by atoms with Gasteiger partial charge in [0.1, 0.15) is 0 Å². The van der Waals surface area contributed by atoms with E-state index in [0.29, 0.717) is 37.0 Å². The molecule has 3 unspecified atom stereocenters. The molecule has 6 nitrogen and oxygen atoms in total. The van der Waals surface area contributed by atoms with Crippen LogP contribution in [0.2, 0.25) is 0 Å². The molecule has 0 saturated carbocycles. The number of rotatable bonds is 6. The first-order valence-corrected chi connectivity index (χ1v) is 10.2. The SMILES string of the molecule is CNC(C)CNC(=O)c1ccc(S(=O)(=O)N2CC(C)CC(C)C2)cc1.Cl. The molecule has 148 valence electrons. The molecule has 1 aliphatic rings. The summed E-state index contributed by atoms with van der Waals surface area (Å²) in [4.78, 5) is 12.4. The number of sulfonamides is 1. The molecule has 8 heteroatoms. The van der Waals surface area contributed by atoms with Crippen molar-refractivity contribution in [2.45, 2.75) is 38.1 Å². The Morgan fingerprint density at radius 3 is 2.23 bits per heavy atom. The van der Waals surface area contributed by atoms with Crippen molar-refractivity contribution in [2.75, 3.05) is 26.7 Å². The molecule has 26 heavy (non-hydrogen) atoms. The molecule has 1 saturated heterocycles. The fourth-order valence-electron chi connectivity index (χ4n) is 3.18. The van der Waals surface area contributed by atoms with E-state index in [-0.39, 0.29) is 29.3 Å². The molecule has 1 aliphatic heterocycles. The van der Waals surface area contributed by atoms with Gasteiger partial charge in [-0.25, -0.2) is 8.42 Å². The first-order chi connectivity index (χ1) is 11.7. The second kappa shape index (κ2) is 9.69. The first kappa shape index (κ1) is 22.9. The van der Waals surface area contributed by atoms with E-state index in [9.17, 15) is 13.2 Å². The maximum Gasteiger partial charge on any atom is 0.251 e. The van der Waals surface area contributed by atoms with Crippen LogP contribution in [-0.4, -0.2) is 51.4 Å². The minimum atomic E-state index is -3.51. The average Bonchev–Trinajstić information content (AvgIpc) is 2.58. The number of piperidine rings is 1. The summed E-state index contributed by atoms with van der Waals surface area (Å²) in [5.74, 6) is 0.516. The summed E-state index contributed by atoms with van der Waals surface area (Å²) in [7, 11) is -1.68. The molecule has 0 radical (unpaired) electrons. The number of nitrogens with zero attached hydrogens (tertiary/aromatic N) is 1. The van der Waals surface area contributed by atoms with Crippen LogP contribution in [0, 0.1) is 11.8 Å². The van der Waals surface area contributed by atoms with Crippen LogP contribution in [0.25, 0.3) is 0 Å². The van der Waals surface area contributed by atoms with Gasteiger partial charge in [-0.1, -0.05) is 13.8 Å². The lowest BCUT2D eigenvalue weighted by atomic mass is 9.94. The predicted molar refractivity (Wildman–Crippen MR) is 106 cm³/mol. The summed E-state index contributed by atoms with van der Waals surface area (Å²) >= 11 is 0. The average molecular weight is 404 g/mol. The number of likely N-dealkylation sites (N-methyl/N-ethyl adjacent to an activating group) is 1. The standard InChI is InChI=1S/C18H29N3O3S.ClH/c1-13-9-14(2)12-21(11-13)25(23,24)17-7-5-16(6-8-17)18(22)20-10-15(3)19-4;/h5-8,13-15,19H,9-12H2,1-4H3,(H,20,22);1H. The van der Waals surface area contributed by atoms with E-state index < -0.39 is 10.0 Å². The van der Waals surface area contributed by atoms with Crippen molar-refractivity contribution in [3.05, 3.63) is 29.8 Å². The van der Waals surface area contributed by atoms with E-state index in [1.165, 1.54) is 12.1 Å². The number of hydrogen-bond acceptors (Lipinski definition) is 4. The highest BCUT2D eigenvalue weighted by Gasteiger charge is 2.31. The maximum absolute atomic E-state index is 12.8. The number of carbonyl (C=O) groups is 1. The second-order valence-corrected chi connectivity index (χ2v) is 9.13. The van der Waals surface area contributed by atoms with Crippen molar-refractivity contribution in [3.63, 3.8) is 0 Å². The minimum absolute atomic E-state index is 0. The number of amides is 1. The van der Waals surface area contributed by atoms with E-state index in [4.69, 9.17) is 0 Å². The van der Waals surface area contributed by atoms with E-state index >= 15 is 0 Å². The third-order valence-corrected chi connectivity index (χ3v) is 6.50. The van der Waals surface area contributed by atoms with Crippen molar-refractivity contribution < 1.29 is 13.2 Å². The number of carbonyl (C=O) groups excluding carboxylic acids is 1. The molecule has 0 bridgehead atoms. The number of benzene rings is 1. The van der Waals surface area contributed by atoms with Crippen LogP contribution < -0.4 is 10.6 Å². The lowest BCUT2D eigenvalue weighted by Crippen LogP contribution is -2.42. The summed E-state index contributed by atoms with van der Waals surface area (Å²) in [5, 5.41) is 5.87. The van der Waals surface area contributed by atoms with Gasteiger partial charge < -0.3 is 10.6 Å². The Bertz CT molecular complexity index is 684. The third kappa shape index (κ3) is 5.67. The number of hydrogen-bond donors (Lipinski definition) is 2. The summed E-state index contributed by atoms with van der Waals surface area (Å²) in [6.45, 7) is 7.75. The molecule has 3 atom stereocenters. The van der Waals surface area contributed by atoms with Crippen molar-refractivity contribution in [1.82, 2.24) is 14.9 Å². The largest absolute Gasteiger partial charge is 0.350 e. The summed E-state index contributed by atoms with van der Waals surface area (Å²) in [5.41, 5.74) is 0.461. The highest BCUT2D eigenvalue weighted by atomic mass is 35.5. The molecule has 1 heterocycles. The highest BCUT2D eigenvalue weighted by Crippen LogP contribution is 2.26. The zero-order valence-corrected chi connectivity index (χ0v) is 17.5. The molecular weight excluding hydrogens is 374 g/mol. The van der Waals surface area contributed by atoms with Crippen molar-refractivity contribution >= 4 is 28.3 Å². The Hall–Kier alpha value is -1.15. The van der Waals surface area contributed by atoms with E-state index in [0.717, 1.165) is 6.42 Å². The maximum atomic E-state index is 12.8. The predicted octanol–water partition coefficient (Wildman–Crippen LogP) is 2.11. The minimum Gasteiger partial charge on any atom is -0.350 e. The smallest absolute Gasteiger partial charge is 0.251 e. The van der Waals surface area contributed by atoms with E-state index in [1.807, 2.05) is 14.0 Å². The highest BCUT2D eigenvalue weighted by molar-refractivity contribution is 7.89. The lowest BCUT2D eigenvalue weighted by Gasteiger charge is -2.34. The Morgan fingerprint density at radius 2 is 1.73 bits per heavy atom. The Morgan fingerprint density at radius 1 is 1.19 bits per heavy atom. The van der Waals surface area contributed by atoms with Gasteiger partial charge in [-0.2, -0.15) is 4.31 Å². The van der Waals surface area contributed by atoms with E-state index in [2.05, 4.69) is 24.5 Å². The van der Waals surface area contributed by atoms with Gasteiger partial charge in [-0.3, -0.25) is 4.79 Å². The van der Waals surface area contributed by atoms with Gasteiger partial charge in [0.2, 0.25) is 10.0 Å². The molecule has 1 aromatic rings. The number of halogens is 1. The fraction of sp³-hybridized carbons (Fsp3) is 0.611. The van der Waals surface area contributed by atoms with Crippen LogP contribution in [0.15, 0.2) is 29.2 Å². The van der Waals surface area contributed by atoms with Crippen LogP contribution in [-0.2, 0) is 10.0 Å². The van der Waals surface area contributed by atoms with Crippen LogP contribution in [0.5, 0.6) is 0 Å². The molecule has 0 aromatic heterocycles. The van der Waals surface area contributed by atoms with Gasteiger partial charge in [-0.15, -0.1) is 12.4 Å². The van der Waals surface area contributed by atoms with Crippen molar-refractivity contribution in [2.24, 2.45) is 11.8 Å². The Balaban J connectivity index is 0.00000338.